The Labute approximate surface area is 77.2 Å². The van der Waals surface area contributed by atoms with E-state index in [2.05, 4.69) is 5.10 Å². The molecule has 0 radical (unpaired) electrons. The van der Waals surface area contributed by atoms with Gasteiger partial charge in [-0.1, -0.05) is 6.92 Å². The van der Waals surface area contributed by atoms with Crippen LogP contribution in [0.2, 0.25) is 0 Å². The molecule has 0 spiro atoms. The minimum absolute atomic E-state index is 0.143. The monoisotopic (exact) mass is 182 g/mol. The summed E-state index contributed by atoms with van der Waals surface area (Å²) >= 11 is 0. The smallest absolute Gasteiger partial charge is 0.165 e. The van der Waals surface area contributed by atoms with Gasteiger partial charge in [0, 0.05) is 19.7 Å². The summed E-state index contributed by atoms with van der Waals surface area (Å²) in [5.41, 5.74) is 0.847. The Bertz CT molecular complexity index is 294. The number of carbonyl (C=O) groups excluding carboxylic acids is 1. The number of hydrogen-bond donors (Lipinski definition) is 1. The Morgan fingerprint density at radius 3 is 2.92 bits per heavy atom. The van der Waals surface area contributed by atoms with Crippen molar-refractivity contribution < 1.29 is 9.90 Å². The predicted molar refractivity (Wildman–Crippen MR) is 48.2 cm³/mol. The SMILES string of the molecule is CCC(O)C(=O)Cc1cnn(C)c1. The average molecular weight is 182 g/mol. The van der Waals surface area contributed by atoms with E-state index in [0.29, 0.717) is 6.42 Å². The number of nitrogens with zero attached hydrogens (tertiary/aromatic N) is 2. The van der Waals surface area contributed by atoms with Gasteiger partial charge in [0.25, 0.3) is 0 Å². The van der Waals surface area contributed by atoms with Gasteiger partial charge in [-0.25, -0.2) is 0 Å². The Kier molecular flexibility index (Phi) is 3.19. The fraction of sp³-hybridized carbons (Fsp3) is 0.556. The molecule has 0 bridgehead atoms. The topological polar surface area (TPSA) is 55.1 Å². The zero-order chi connectivity index (χ0) is 9.84. The number of ketones is 1. The summed E-state index contributed by atoms with van der Waals surface area (Å²) in [4.78, 5) is 11.3. The van der Waals surface area contributed by atoms with Gasteiger partial charge >= 0.3 is 0 Å². The van der Waals surface area contributed by atoms with Crippen molar-refractivity contribution in [2.45, 2.75) is 25.9 Å². The number of hydrogen-bond acceptors (Lipinski definition) is 3. The lowest BCUT2D eigenvalue weighted by Crippen LogP contribution is -2.20. The molecule has 0 aliphatic heterocycles. The van der Waals surface area contributed by atoms with Crippen molar-refractivity contribution in [3.63, 3.8) is 0 Å². The highest BCUT2D eigenvalue weighted by Crippen LogP contribution is 2.02. The van der Waals surface area contributed by atoms with Crippen LogP contribution in [-0.4, -0.2) is 26.8 Å². The molecular weight excluding hydrogens is 168 g/mol. The first-order valence-corrected chi connectivity index (χ1v) is 4.31. The fourth-order valence-electron chi connectivity index (χ4n) is 1.11. The lowest BCUT2D eigenvalue weighted by Gasteiger charge is -2.03. The molecule has 0 saturated carbocycles. The van der Waals surface area contributed by atoms with Crippen molar-refractivity contribution in [2.24, 2.45) is 7.05 Å². The summed E-state index contributed by atoms with van der Waals surface area (Å²) in [5, 5.41) is 13.2. The van der Waals surface area contributed by atoms with Crippen LogP contribution in [0, 0.1) is 0 Å². The van der Waals surface area contributed by atoms with Gasteiger partial charge in [-0.05, 0) is 12.0 Å². The molecule has 0 fully saturated rings. The van der Waals surface area contributed by atoms with Gasteiger partial charge in [0.2, 0.25) is 0 Å². The summed E-state index contributed by atoms with van der Waals surface area (Å²) in [6.07, 6.45) is 3.32. The maximum absolute atomic E-state index is 11.3. The number of aryl methyl sites for hydroxylation is 1. The third-order valence-electron chi connectivity index (χ3n) is 1.90. The number of aliphatic hydroxyl groups is 1. The Morgan fingerprint density at radius 2 is 2.46 bits per heavy atom. The standard InChI is InChI=1S/C9H14N2O2/c1-3-8(12)9(13)4-7-5-10-11(2)6-7/h5-6,8,12H,3-4H2,1-2H3. The first kappa shape index (κ1) is 9.92. The van der Waals surface area contributed by atoms with Crippen LogP contribution in [0.4, 0.5) is 0 Å². The predicted octanol–water partition coefficient (Wildman–Crippen LogP) is 0.303. The van der Waals surface area contributed by atoms with E-state index in [1.807, 2.05) is 0 Å². The third-order valence-corrected chi connectivity index (χ3v) is 1.90. The normalized spacial score (nSPS) is 12.8. The highest BCUT2D eigenvalue weighted by atomic mass is 16.3. The molecule has 0 aromatic carbocycles. The van der Waals surface area contributed by atoms with Gasteiger partial charge in [0.05, 0.1) is 6.20 Å². The second kappa shape index (κ2) is 4.18. The van der Waals surface area contributed by atoms with Gasteiger partial charge in [0.15, 0.2) is 5.78 Å². The van der Waals surface area contributed by atoms with Crippen LogP contribution < -0.4 is 0 Å². The van der Waals surface area contributed by atoms with Gasteiger partial charge in [-0.3, -0.25) is 9.48 Å². The van der Waals surface area contributed by atoms with Crippen molar-refractivity contribution in [1.82, 2.24) is 9.78 Å². The van der Waals surface area contributed by atoms with Crippen LogP contribution in [0.1, 0.15) is 18.9 Å². The van der Waals surface area contributed by atoms with Crippen LogP contribution in [-0.2, 0) is 18.3 Å². The molecule has 1 rings (SSSR count). The highest BCUT2D eigenvalue weighted by Gasteiger charge is 2.13. The number of rotatable bonds is 4. The molecule has 0 saturated heterocycles. The van der Waals surface area contributed by atoms with Crippen LogP contribution in [0.5, 0.6) is 0 Å². The van der Waals surface area contributed by atoms with Crippen LogP contribution in [0.15, 0.2) is 12.4 Å². The molecule has 0 aliphatic carbocycles. The lowest BCUT2D eigenvalue weighted by molar-refractivity contribution is -0.126. The van der Waals surface area contributed by atoms with Gasteiger partial charge in [-0.2, -0.15) is 5.10 Å². The number of Topliss-reactive ketones (excluding diaryl/α,β-unsaturated/α-hetero) is 1. The maximum Gasteiger partial charge on any atom is 0.165 e. The van der Waals surface area contributed by atoms with E-state index in [4.69, 9.17) is 0 Å². The Morgan fingerprint density at radius 1 is 1.77 bits per heavy atom. The summed E-state index contributed by atoms with van der Waals surface area (Å²) in [6.45, 7) is 1.78. The maximum atomic E-state index is 11.3. The average Bonchev–Trinajstić information content (AvgIpc) is 2.49. The van der Waals surface area contributed by atoms with Crippen LogP contribution in [0.3, 0.4) is 0 Å². The Hall–Kier alpha value is -1.16. The molecule has 1 unspecified atom stereocenters. The van der Waals surface area contributed by atoms with E-state index < -0.39 is 6.10 Å². The minimum Gasteiger partial charge on any atom is -0.385 e. The van der Waals surface area contributed by atoms with E-state index >= 15 is 0 Å². The van der Waals surface area contributed by atoms with Crippen molar-refractivity contribution in [1.29, 1.82) is 0 Å². The van der Waals surface area contributed by atoms with E-state index in [0.717, 1.165) is 5.56 Å². The zero-order valence-corrected chi connectivity index (χ0v) is 7.90. The number of carbonyl (C=O) groups is 1. The van der Waals surface area contributed by atoms with E-state index in [1.54, 1.807) is 31.0 Å². The van der Waals surface area contributed by atoms with Crippen molar-refractivity contribution in [3.05, 3.63) is 18.0 Å². The Balaban J connectivity index is 2.54. The second-order valence-corrected chi connectivity index (χ2v) is 3.09. The van der Waals surface area contributed by atoms with E-state index in [-0.39, 0.29) is 12.2 Å². The first-order valence-electron chi connectivity index (χ1n) is 4.31. The molecule has 1 aromatic heterocycles. The molecule has 72 valence electrons. The van der Waals surface area contributed by atoms with Crippen LogP contribution >= 0.6 is 0 Å². The van der Waals surface area contributed by atoms with Crippen LogP contribution in [0.25, 0.3) is 0 Å². The highest BCUT2D eigenvalue weighted by molar-refractivity contribution is 5.84. The minimum atomic E-state index is -0.833. The molecular formula is C9H14N2O2. The molecule has 1 aromatic rings. The van der Waals surface area contributed by atoms with Crippen molar-refractivity contribution in [3.8, 4) is 0 Å². The van der Waals surface area contributed by atoms with Gasteiger partial charge in [-0.15, -0.1) is 0 Å². The van der Waals surface area contributed by atoms with Crippen molar-refractivity contribution >= 4 is 5.78 Å². The molecule has 0 amide bonds. The largest absolute Gasteiger partial charge is 0.385 e. The quantitative estimate of drug-likeness (QED) is 0.728. The molecule has 1 N–H and O–H groups in total. The molecule has 1 atom stereocenters. The summed E-state index contributed by atoms with van der Waals surface area (Å²) in [6, 6.07) is 0. The van der Waals surface area contributed by atoms with Crippen molar-refractivity contribution in [2.75, 3.05) is 0 Å². The molecule has 4 heteroatoms. The lowest BCUT2D eigenvalue weighted by atomic mass is 10.1. The summed E-state index contributed by atoms with van der Waals surface area (Å²) in [5.74, 6) is -0.143. The van der Waals surface area contributed by atoms with Gasteiger partial charge < -0.3 is 5.11 Å². The molecule has 0 aliphatic rings. The fourth-order valence-corrected chi connectivity index (χ4v) is 1.11. The molecule has 13 heavy (non-hydrogen) atoms. The van der Waals surface area contributed by atoms with E-state index in [9.17, 15) is 9.90 Å². The number of aliphatic hydroxyl groups excluding tert-OH is 1. The number of aromatic nitrogens is 2. The first-order chi connectivity index (χ1) is 6.13. The second-order valence-electron chi connectivity index (χ2n) is 3.09. The van der Waals surface area contributed by atoms with E-state index in [1.165, 1.54) is 0 Å². The third kappa shape index (κ3) is 2.66. The zero-order valence-electron chi connectivity index (χ0n) is 7.90. The summed E-state index contributed by atoms with van der Waals surface area (Å²) in [7, 11) is 1.80. The molecule has 1 heterocycles. The van der Waals surface area contributed by atoms with Gasteiger partial charge in [0.1, 0.15) is 6.10 Å². The molecule has 4 nitrogen and oxygen atoms in total. The summed E-state index contributed by atoms with van der Waals surface area (Å²) < 4.78 is 1.64.